The van der Waals surface area contributed by atoms with E-state index in [1.165, 1.54) is 40.2 Å². The maximum Gasteiger partial charge on any atom is 0.411 e. The molecule has 2 fully saturated rings. The number of esters is 1. The summed E-state index contributed by atoms with van der Waals surface area (Å²) in [6.07, 6.45) is 1.72. The Morgan fingerprint density at radius 2 is 1.70 bits per heavy atom. The highest BCUT2D eigenvalue weighted by molar-refractivity contribution is 5.97. The van der Waals surface area contributed by atoms with Crippen molar-refractivity contribution in [3.8, 4) is 29.2 Å². The van der Waals surface area contributed by atoms with E-state index in [0.29, 0.717) is 62.0 Å². The van der Waals surface area contributed by atoms with Gasteiger partial charge in [-0.1, -0.05) is 50.8 Å². The van der Waals surface area contributed by atoms with Crippen LogP contribution in [0.4, 0.5) is 21.1 Å². The van der Waals surface area contributed by atoms with Gasteiger partial charge in [0.05, 0.1) is 59.8 Å². The van der Waals surface area contributed by atoms with E-state index in [1.807, 2.05) is 6.92 Å². The lowest BCUT2D eigenvalue weighted by molar-refractivity contribution is -0.173. The number of benzene rings is 3. The largest absolute Gasteiger partial charge is 0.508 e. The lowest BCUT2D eigenvalue weighted by atomic mass is 9.85. The van der Waals surface area contributed by atoms with Gasteiger partial charge < -0.3 is 58.0 Å². The number of phenolic OH excluding ortho intramolecular Hbond substituents is 1. The Balaban J connectivity index is 0.725. The number of rotatable bonds is 15. The van der Waals surface area contributed by atoms with E-state index >= 15 is 0 Å². The molecule has 0 unspecified atom stereocenters. The van der Waals surface area contributed by atoms with Gasteiger partial charge in [-0.3, -0.25) is 9.59 Å². The third kappa shape index (κ3) is 10.4. The molecule has 11 rings (SSSR count). The SMILES string of the molecule is C=C(COC(=O)N(C)CCN(C)C(=O)O[C@]1(CC)C(=O)OCc2c1cc1n(c2=O)Cc2c-1nc1ccc(O)cc1c2CC)C(=O)N1CCN(c2nc(OC[C@@H]3CCCN3C)nc3c2CCN(c2cccc4cccc(C)c24)C3)C[C@@H]1CC#N. The molecule has 0 saturated carbocycles. The minimum absolute atomic E-state index is 0.0214. The fourth-order valence-corrected chi connectivity index (χ4v) is 12.6. The molecule has 21 nitrogen and oxygen atoms in total. The summed E-state index contributed by atoms with van der Waals surface area (Å²) < 4.78 is 25.2. The number of cyclic esters (lactones) is 1. The standard InChI is InChI=1S/C62H69N11O10/c1-8-43-45-29-42(74)18-19-49(45)64-54-46(43)32-73-52(54)30-48-47(57(73)76)36-80-58(77)62(48,9-2)83-61(79)69(7)26-25-68(6)60(78)82-34-38(4)56(75)72-28-27-71(31-40(72)20-22-63)55-44-21-24-70(51-17-11-15-39-14-10-13-37(3)53(39)51)33-50(44)65-59(66-55)81-35-41-16-12-23-67(41)5/h10-11,13-15,17-19,29-30,40-41,74H,4,8-9,12,16,20-21,23-28,31-36H2,1-3,5-7H3/t40-,41-,62-/m0/s1. The van der Waals surface area contributed by atoms with E-state index in [0.717, 1.165) is 65.2 Å². The molecule has 432 valence electrons. The van der Waals surface area contributed by atoms with E-state index < -0.39 is 47.9 Å². The number of likely N-dealkylation sites (N-methyl/N-ethyl adjacent to an activating group) is 3. The number of nitriles is 1. The van der Waals surface area contributed by atoms with Gasteiger partial charge in [0, 0.05) is 98.1 Å². The number of nitrogens with zero attached hydrogens (tertiary/aromatic N) is 11. The molecule has 3 atom stereocenters. The Morgan fingerprint density at radius 3 is 2.45 bits per heavy atom. The van der Waals surface area contributed by atoms with E-state index in [1.54, 1.807) is 40.7 Å². The Labute approximate surface area is 481 Å². The molecule has 1 N–H and O–H groups in total. The van der Waals surface area contributed by atoms with Crippen LogP contribution in [0.5, 0.6) is 11.8 Å². The second-order valence-electron chi connectivity index (χ2n) is 22.3. The fourth-order valence-electron chi connectivity index (χ4n) is 12.6. The number of aryl methyl sites for hydroxylation is 2. The molecule has 3 aromatic heterocycles. The van der Waals surface area contributed by atoms with Crippen LogP contribution in [0, 0.1) is 18.3 Å². The number of pyridine rings is 2. The van der Waals surface area contributed by atoms with Crippen LogP contribution in [0.2, 0.25) is 0 Å². The zero-order valence-electron chi connectivity index (χ0n) is 47.9. The Kier molecular flexibility index (Phi) is 15.5. The van der Waals surface area contributed by atoms with Crippen LogP contribution in [0.15, 0.2) is 77.6 Å². The van der Waals surface area contributed by atoms with Crippen LogP contribution in [-0.2, 0) is 61.9 Å². The number of ether oxygens (including phenoxy) is 4. The van der Waals surface area contributed by atoms with Crippen LogP contribution in [0.3, 0.4) is 0 Å². The normalized spacial score (nSPS) is 19.1. The summed E-state index contributed by atoms with van der Waals surface area (Å²) in [5.41, 5.74) is 5.74. The number of piperazine rings is 1. The summed E-state index contributed by atoms with van der Waals surface area (Å²) in [6.45, 7) is 12.9. The van der Waals surface area contributed by atoms with Gasteiger partial charge in [0.1, 0.15) is 31.4 Å². The van der Waals surface area contributed by atoms with E-state index in [9.17, 15) is 34.3 Å². The predicted molar refractivity (Wildman–Crippen MR) is 310 cm³/mol. The molecule has 3 amide bonds. The Bertz CT molecular complexity index is 3720. The van der Waals surface area contributed by atoms with Gasteiger partial charge in [-0.2, -0.15) is 15.2 Å². The summed E-state index contributed by atoms with van der Waals surface area (Å²) in [4.78, 5) is 95.4. The summed E-state index contributed by atoms with van der Waals surface area (Å²) in [5, 5.41) is 23.5. The first kappa shape index (κ1) is 56.1. The first-order chi connectivity index (χ1) is 40.0. The number of anilines is 2. The zero-order chi connectivity index (χ0) is 58.4. The molecule has 83 heavy (non-hydrogen) atoms. The molecule has 0 radical (unpaired) electrons. The number of fused-ring (bicyclic) bond motifs is 7. The first-order valence-electron chi connectivity index (χ1n) is 28.5. The molecule has 2 saturated heterocycles. The van der Waals surface area contributed by atoms with Crippen molar-refractivity contribution in [2.75, 3.05) is 90.0 Å². The Hall–Kier alpha value is -8.77. The fraction of sp³-hybridized carbons (Fsp3) is 0.435. The van der Waals surface area contributed by atoms with Gasteiger partial charge >= 0.3 is 24.2 Å². The highest BCUT2D eigenvalue weighted by atomic mass is 16.6. The second kappa shape index (κ2) is 22.9. The quantitative estimate of drug-likeness (QED) is 0.0621. The third-order valence-electron chi connectivity index (χ3n) is 17.3. The summed E-state index contributed by atoms with van der Waals surface area (Å²) in [6, 6.07) is 21.7. The molecule has 8 heterocycles. The lowest BCUT2D eigenvalue weighted by Crippen LogP contribution is -2.56. The number of likely N-dealkylation sites (tertiary alicyclic amines) is 1. The maximum absolute atomic E-state index is 14.2. The van der Waals surface area contributed by atoms with Crippen molar-refractivity contribution in [1.82, 2.24) is 39.1 Å². The number of amides is 3. The predicted octanol–water partition coefficient (Wildman–Crippen LogP) is 6.97. The summed E-state index contributed by atoms with van der Waals surface area (Å²) >= 11 is 0. The zero-order valence-corrected chi connectivity index (χ0v) is 47.9. The highest BCUT2D eigenvalue weighted by Crippen LogP contribution is 2.43. The number of carbonyl (C=O) groups excluding carboxylic acids is 4. The number of phenols is 1. The van der Waals surface area contributed by atoms with Gasteiger partial charge in [-0.05, 0) is 99.5 Å². The number of carbonyl (C=O) groups is 4. The van der Waals surface area contributed by atoms with Crippen LogP contribution in [-0.4, -0.2) is 161 Å². The van der Waals surface area contributed by atoms with Crippen molar-refractivity contribution in [3.05, 3.63) is 122 Å². The molecule has 5 aliphatic rings. The van der Waals surface area contributed by atoms with Crippen molar-refractivity contribution in [3.63, 3.8) is 0 Å². The number of hydrogen-bond donors (Lipinski definition) is 1. The highest BCUT2D eigenvalue weighted by Gasteiger charge is 2.51. The Morgan fingerprint density at radius 1 is 0.916 bits per heavy atom. The summed E-state index contributed by atoms with van der Waals surface area (Å²) in [5.74, 6) is -0.428. The minimum Gasteiger partial charge on any atom is -0.508 e. The van der Waals surface area contributed by atoms with E-state index in [4.69, 9.17) is 33.9 Å². The molecule has 6 aromatic rings. The summed E-state index contributed by atoms with van der Waals surface area (Å²) in [7, 11) is 5.03. The molecule has 21 heteroatoms. The topological polar surface area (TPSA) is 229 Å². The van der Waals surface area contributed by atoms with Gasteiger partial charge in [0.15, 0.2) is 0 Å². The van der Waals surface area contributed by atoms with Crippen molar-refractivity contribution < 1.29 is 43.2 Å². The monoisotopic (exact) mass is 1130 g/mol. The second-order valence-corrected chi connectivity index (χ2v) is 22.3. The van der Waals surface area contributed by atoms with Gasteiger partial charge in [0.25, 0.3) is 11.5 Å². The first-order valence-corrected chi connectivity index (χ1v) is 28.5. The van der Waals surface area contributed by atoms with Gasteiger partial charge in [0.2, 0.25) is 5.60 Å². The number of aromatic hydroxyl groups is 1. The van der Waals surface area contributed by atoms with Gasteiger partial charge in [-0.15, -0.1) is 0 Å². The molecule has 5 aliphatic heterocycles. The van der Waals surface area contributed by atoms with Crippen LogP contribution in [0.1, 0.15) is 78.6 Å². The average Bonchev–Trinajstić information content (AvgIpc) is 2.55. The maximum atomic E-state index is 14.2. The van der Waals surface area contributed by atoms with Crippen molar-refractivity contribution in [1.29, 1.82) is 5.26 Å². The van der Waals surface area contributed by atoms with Crippen LogP contribution >= 0.6 is 0 Å². The molecule has 3 aromatic carbocycles. The molecular formula is C62H69N11O10. The van der Waals surface area contributed by atoms with Crippen molar-refractivity contribution >= 4 is 57.2 Å². The average molecular weight is 1130 g/mol. The minimum atomic E-state index is -1.97. The number of aromatic nitrogens is 4. The molecule has 0 spiro atoms. The van der Waals surface area contributed by atoms with Crippen molar-refractivity contribution in [2.45, 2.75) is 96.7 Å². The smallest absolute Gasteiger partial charge is 0.411 e. The van der Waals surface area contributed by atoms with Crippen molar-refractivity contribution in [2.24, 2.45) is 0 Å². The van der Waals surface area contributed by atoms with Crippen LogP contribution < -0.4 is 20.1 Å². The third-order valence-corrected chi connectivity index (χ3v) is 17.3. The lowest BCUT2D eigenvalue weighted by Gasteiger charge is -2.42. The number of hydrogen-bond acceptors (Lipinski definition) is 17. The van der Waals surface area contributed by atoms with Crippen LogP contribution in [0.25, 0.3) is 33.1 Å². The molecule has 0 bridgehead atoms. The van der Waals surface area contributed by atoms with E-state index in [-0.39, 0.29) is 74.1 Å². The molecule has 0 aliphatic carbocycles. The van der Waals surface area contributed by atoms with Gasteiger partial charge in [-0.25, -0.2) is 19.4 Å². The van der Waals surface area contributed by atoms with E-state index in [2.05, 4.69) is 77.7 Å². The molecular weight excluding hydrogens is 1060 g/mol.